The van der Waals surface area contributed by atoms with Crippen LogP contribution in [-0.4, -0.2) is 28.0 Å². The van der Waals surface area contributed by atoms with Crippen molar-refractivity contribution >= 4 is 23.1 Å². The summed E-state index contributed by atoms with van der Waals surface area (Å²) >= 11 is 1.66. The lowest BCUT2D eigenvalue weighted by atomic mass is 10.3. The number of methoxy groups -OCH3 is 1. The van der Waals surface area contributed by atoms with E-state index in [9.17, 15) is 4.79 Å². The number of hydrogen-bond donors (Lipinski definition) is 1. The molecular formula is C13H16N4O2S. The Morgan fingerprint density at radius 1 is 1.45 bits per heavy atom. The van der Waals surface area contributed by atoms with Crippen LogP contribution in [0.2, 0.25) is 0 Å². The van der Waals surface area contributed by atoms with E-state index in [1.54, 1.807) is 17.5 Å². The van der Waals surface area contributed by atoms with E-state index in [-0.39, 0.29) is 11.7 Å². The summed E-state index contributed by atoms with van der Waals surface area (Å²) in [5.41, 5.74) is 0.179. The van der Waals surface area contributed by atoms with Crippen LogP contribution in [0.4, 0.5) is 5.82 Å². The number of aryl methyl sites for hydroxylation is 1. The van der Waals surface area contributed by atoms with Crippen LogP contribution in [0, 0.1) is 0 Å². The molecule has 1 atom stereocenters. The molecule has 0 bridgehead atoms. The molecule has 7 heteroatoms. The van der Waals surface area contributed by atoms with Gasteiger partial charge in [-0.25, -0.2) is 14.8 Å². The van der Waals surface area contributed by atoms with Crippen LogP contribution in [0.1, 0.15) is 40.3 Å². The highest BCUT2D eigenvalue weighted by atomic mass is 32.1. The molecule has 0 amide bonds. The highest BCUT2D eigenvalue weighted by Gasteiger charge is 2.13. The van der Waals surface area contributed by atoms with E-state index >= 15 is 0 Å². The lowest BCUT2D eigenvalue weighted by molar-refractivity contribution is 0.0593. The maximum Gasteiger partial charge on any atom is 0.358 e. The van der Waals surface area contributed by atoms with Gasteiger partial charge >= 0.3 is 5.97 Å². The quantitative estimate of drug-likeness (QED) is 0.853. The van der Waals surface area contributed by atoms with Gasteiger partial charge in [-0.2, -0.15) is 0 Å². The van der Waals surface area contributed by atoms with Gasteiger partial charge in [0.05, 0.1) is 25.5 Å². The van der Waals surface area contributed by atoms with E-state index in [2.05, 4.69) is 31.9 Å². The maximum absolute atomic E-state index is 11.4. The van der Waals surface area contributed by atoms with Gasteiger partial charge < -0.3 is 10.1 Å². The number of rotatable bonds is 5. The van der Waals surface area contributed by atoms with Gasteiger partial charge in [-0.05, 0) is 13.3 Å². The van der Waals surface area contributed by atoms with Gasteiger partial charge in [0.15, 0.2) is 5.69 Å². The molecule has 0 spiro atoms. The lowest BCUT2D eigenvalue weighted by Crippen LogP contribution is -2.11. The lowest BCUT2D eigenvalue weighted by Gasteiger charge is -2.11. The summed E-state index contributed by atoms with van der Waals surface area (Å²) in [5, 5.41) is 4.16. The van der Waals surface area contributed by atoms with Crippen molar-refractivity contribution < 1.29 is 9.53 Å². The van der Waals surface area contributed by atoms with Crippen molar-refractivity contribution in [2.75, 3.05) is 12.4 Å². The monoisotopic (exact) mass is 292 g/mol. The van der Waals surface area contributed by atoms with E-state index < -0.39 is 5.97 Å². The van der Waals surface area contributed by atoms with Crippen molar-refractivity contribution in [2.45, 2.75) is 26.3 Å². The topological polar surface area (TPSA) is 77.0 Å². The molecular weight excluding hydrogens is 276 g/mol. The second-order valence-electron chi connectivity index (χ2n) is 4.17. The molecule has 20 heavy (non-hydrogen) atoms. The molecule has 106 valence electrons. The molecule has 1 unspecified atom stereocenters. The molecule has 0 aromatic carbocycles. The Balaban J connectivity index is 2.11. The highest BCUT2D eigenvalue weighted by Crippen LogP contribution is 2.23. The Morgan fingerprint density at radius 3 is 2.90 bits per heavy atom. The van der Waals surface area contributed by atoms with Crippen molar-refractivity contribution in [2.24, 2.45) is 0 Å². The predicted octanol–water partition coefficient (Wildman–Crippen LogP) is 2.46. The molecule has 0 fully saturated rings. The summed E-state index contributed by atoms with van der Waals surface area (Å²) in [6.45, 7) is 4.09. The second kappa shape index (κ2) is 6.42. The van der Waals surface area contributed by atoms with Crippen molar-refractivity contribution in [3.05, 3.63) is 34.2 Å². The fraction of sp³-hybridized carbons (Fsp3) is 0.385. The van der Waals surface area contributed by atoms with Crippen LogP contribution in [0.5, 0.6) is 0 Å². The van der Waals surface area contributed by atoms with Crippen molar-refractivity contribution in [3.8, 4) is 0 Å². The minimum absolute atomic E-state index is 0.00231. The summed E-state index contributed by atoms with van der Waals surface area (Å²) < 4.78 is 4.62. The number of nitrogens with one attached hydrogen (secondary N) is 1. The van der Waals surface area contributed by atoms with E-state index in [0.29, 0.717) is 5.82 Å². The first-order valence-corrected chi connectivity index (χ1v) is 7.07. The number of thiazole rings is 1. The van der Waals surface area contributed by atoms with Crippen LogP contribution >= 0.6 is 11.3 Å². The van der Waals surface area contributed by atoms with Crippen molar-refractivity contribution in [3.63, 3.8) is 0 Å². The number of anilines is 1. The molecule has 6 nitrogen and oxygen atoms in total. The second-order valence-corrected chi connectivity index (χ2v) is 5.31. The average molecular weight is 292 g/mol. The standard InChI is InChI=1S/C13H16N4O2S/c1-4-9-5-15-12(20-9)8(2)16-11-7-14-6-10(17-11)13(18)19-3/h5-8H,4H2,1-3H3,(H,16,17). The third-order valence-corrected chi connectivity index (χ3v) is 4.01. The fourth-order valence-corrected chi connectivity index (χ4v) is 2.47. The molecule has 0 aliphatic rings. The Kier molecular flexibility index (Phi) is 4.62. The molecule has 0 saturated carbocycles. The first-order chi connectivity index (χ1) is 9.63. The molecule has 2 aromatic rings. The van der Waals surface area contributed by atoms with Gasteiger partial charge in [0, 0.05) is 11.1 Å². The smallest absolute Gasteiger partial charge is 0.358 e. The van der Waals surface area contributed by atoms with Gasteiger partial charge in [0.1, 0.15) is 10.8 Å². The Morgan fingerprint density at radius 2 is 2.25 bits per heavy atom. The van der Waals surface area contributed by atoms with Crippen LogP contribution in [-0.2, 0) is 11.2 Å². The van der Waals surface area contributed by atoms with Crippen LogP contribution < -0.4 is 5.32 Å². The SMILES string of the molecule is CCc1cnc(C(C)Nc2cncc(C(=O)OC)n2)s1. The van der Waals surface area contributed by atoms with Crippen molar-refractivity contribution in [1.29, 1.82) is 0 Å². The van der Waals surface area contributed by atoms with Gasteiger partial charge in [-0.3, -0.25) is 4.98 Å². The van der Waals surface area contributed by atoms with Crippen molar-refractivity contribution in [1.82, 2.24) is 15.0 Å². The minimum Gasteiger partial charge on any atom is -0.464 e. The highest BCUT2D eigenvalue weighted by molar-refractivity contribution is 7.11. The number of esters is 1. The van der Waals surface area contributed by atoms with Crippen LogP contribution in [0.3, 0.4) is 0 Å². The molecule has 2 heterocycles. The molecule has 0 radical (unpaired) electrons. The number of carbonyl (C=O) groups excluding carboxylic acids is 1. The largest absolute Gasteiger partial charge is 0.464 e. The molecule has 0 saturated heterocycles. The third-order valence-electron chi connectivity index (χ3n) is 2.68. The van der Waals surface area contributed by atoms with Gasteiger partial charge in [-0.15, -0.1) is 11.3 Å². The number of hydrogen-bond acceptors (Lipinski definition) is 7. The van der Waals surface area contributed by atoms with Crippen LogP contribution in [0.15, 0.2) is 18.6 Å². The zero-order valence-corrected chi connectivity index (χ0v) is 12.4. The van der Waals surface area contributed by atoms with E-state index in [0.717, 1.165) is 11.4 Å². The minimum atomic E-state index is -0.503. The number of carbonyl (C=O) groups is 1. The molecule has 0 aliphatic carbocycles. The zero-order chi connectivity index (χ0) is 14.5. The predicted molar refractivity (Wildman–Crippen MR) is 76.9 cm³/mol. The van der Waals surface area contributed by atoms with Gasteiger partial charge in [0.2, 0.25) is 0 Å². The third kappa shape index (κ3) is 3.30. The first kappa shape index (κ1) is 14.4. The number of aromatic nitrogens is 3. The number of ether oxygens (including phenoxy) is 1. The van der Waals surface area contributed by atoms with E-state index in [4.69, 9.17) is 0 Å². The maximum atomic E-state index is 11.4. The Hall–Kier alpha value is -2.02. The molecule has 2 aromatic heterocycles. The normalized spacial score (nSPS) is 11.9. The van der Waals surface area contributed by atoms with E-state index in [1.807, 2.05) is 13.1 Å². The summed E-state index contributed by atoms with van der Waals surface area (Å²) in [7, 11) is 1.31. The summed E-state index contributed by atoms with van der Waals surface area (Å²) in [6, 6.07) is 0.00231. The first-order valence-electron chi connectivity index (χ1n) is 6.25. The average Bonchev–Trinajstić information content (AvgIpc) is 2.95. The summed E-state index contributed by atoms with van der Waals surface area (Å²) in [5.74, 6) is 0.0185. The van der Waals surface area contributed by atoms with E-state index in [1.165, 1.54) is 18.2 Å². The Bertz CT molecular complexity index is 600. The van der Waals surface area contributed by atoms with Gasteiger partial charge in [0.25, 0.3) is 0 Å². The summed E-state index contributed by atoms with van der Waals surface area (Å²) in [6.07, 6.45) is 5.80. The fourth-order valence-electron chi connectivity index (χ4n) is 1.61. The Labute approximate surface area is 121 Å². The van der Waals surface area contributed by atoms with Gasteiger partial charge in [-0.1, -0.05) is 6.92 Å². The molecule has 1 N–H and O–H groups in total. The zero-order valence-electron chi connectivity index (χ0n) is 11.6. The van der Waals surface area contributed by atoms with Crippen LogP contribution in [0.25, 0.3) is 0 Å². The molecule has 2 rings (SSSR count). The summed E-state index contributed by atoms with van der Waals surface area (Å²) in [4.78, 5) is 25.2. The number of nitrogens with zero attached hydrogens (tertiary/aromatic N) is 3. The molecule has 0 aliphatic heterocycles.